The number of fused-ring (bicyclic) bond motifs is 1. The van der Waals surface area contributed by atoms with E-state index in [4.69, 9.17) is 5.73 Å². The zero-order valence-corrected chi connectivity index (χ0v) is 15.3. The number of hydrogen-bond donors (Lipinski definition) is 2. The number of rotatable bonds is 6. The number of H-pyrrole nitrogens is 1. The highest BCUT2D eigenvalue weighted by Gasteiger charge is 2.24. The largest absolute Gasteiger partial charge is 0.330 e. The second-order valence-electron chi connectivity index (χ2n) is 6.29. The molecule has 1 unspecified atom stereocenters. The topological polar surface area (TPSA) is 67.6 Å². The second kappa shape index (κ2) is 6.95. The monoisotopic (exact) mass is 340 g/mol. The van der Waals surface area contributed by atoms with Crippen LogP contribution in [0.2, 0.25) is 0 Å². The number of hydrogen-bond acceptors (Lipinski definition) is 4. The molecule has 0 amide bonds. The van der Waals surface area contributed by atoms with Gasteiger partial charge in [0.2, 0.25) is 0 Å². The molecule has 0 fully saturated rings. The van der Waals surface area contributed by atoms with Crippen molar-refractivity contribution in [1.29, 1.82) is 0 Å². The number of benzene rings is 1. The van der Waals surface area contributed by atoms with Gasteiger partial charge in [-0.15, -0.1) is 11.8 Å². The average Bonchev–Trinajstić information content (AvgIpc) is 3.09. The van der Waals surface area contributed by atoms with Gasteiger partial charge >= 0.3 is 0 Å². The molecule has 0 spiro atoms. The van der Waals surface area contributed by atoms with Gasteiger partial charge in [0.15, 0.2) is 5.65 Å². The van der Waals surface area contributed by atoms with Gasteiger partial charge in [0, 0.05) is 28.4 Å². The first-order valence-corrected chi connectivity index (χ1v) is 9.36. The van der Waals surface area contributed by atoms with E-state index < -0.39 is 0 Å². The molecule has 24 heavy (non-hydrogen) atoms. The zero-order valence-electron chi connectivity index (χ0n) is 14.5. The third kappa shape index (κ3) is 3.06. The maximum atomic E-state index is 6.10. The van der Waals surface area contributed by atoms with Crippen molar-refractivity contribution in [2.24, 2.45) is 5.73 Å². The normalized spacial score (nSPS) is 14.0. The molecular weight excluding hydrogens is 316 g/mol. The van der Waals surface area contributed by atoms with Gasteiger partial charge in [-0.2, -0.15) is 5.10 Å². The Morgan fingerprint density at radius 3 is 2.79 bits per heavy atom. The fourth-order valence-electron chi connectivity index (χ4n) is 2.92. The Labute approximate surface area is 147 Å². The first-order chi connectivity index (χ1) is 11.6. The van der Waals surface area contributed by atoms with Gasteiger partial charge in [0.25, 0.3) is 0 Å². The highest BCUT2D eigenvalue weighted by atomic mass is 32.2. The Kier molecular flexibility index (Phi) is 4.92. The van der Waals surface area contributed by atoms with Gasteiger partial charge in [-0.05, 0) is 47.1 Å². The minimum Gasteiger partial charge on any atom is -0.330 e. The van der Waals surface area contributed by atoms with Crippen molar-refractivity contribution >= 4 is 22.8 Å². The highest BCUT2D eigenvalue weighted by Crippen LogP contribution is 2.36. The smallest absolute Gasteiger partial charge is 0.155 e. The highest BCUT2D eigenvalue weighted by molar-refractivity contribution is 7.99. The van der Waals surface area contributed by atoms with Crippen LogP contribution in [-0.2, 0) is 5.41 Å². The van der Waals surface area contributed by atoms with Crippen LogP contribution < -0.4 is 5.73 Å². The Morgan fingerprint density at radius 1 is 1.25 bits per heavy atom. The molecule has 0 bridgehead atoms. The van der Waals surface area contributed by atoms with Gasteiger partial charge < -0.3 is 5.73 Å². The van der Waals surface area contributed by atoms with Crippen LogP contribution in [0.5, 0.6) is 0 Å². The van der Waals surface area contributed by atoms with Crippen LogP contribution in [0.25, 0.3) is 22.2 Å². The third-order valence-corrected chi connectivity index (χ3v) is 5.67. The van der Waals surface area contributed by atoms with E-state index in [1.165, 1.54) is 16.0 Å². The lowest BCUT2D eigenvalue weighted by Gasteiger charge is -2.28. The van der Waals surface area contributed by atoms with Crippen LogP contribution in [0.4, 0.5) is 0 Å². The Balaban J connectivity index is 2.20. The molecule has 3 aromatic rings. The molecule has 2 heterocycles. The van der Waals surface area contributed by atoms with E-state index >= 15 is 0 Å². The molecule has 0 aliphatic heterocycles. The van der Waals surface area contributed by atoms with Crippen molar-refractivity contribution in [2.75, 3.05) is 12.3 Å². The fourth-order valence-corrected chi connectivity index (χ4v) is 3.68. The van der Waals surface area contributed by atoms with Crippen molar-refractivity contribution in [2.45, 2.75) is 37.5 Å². The van der Waals surface area contributed by atoms with Gasteiger partial charge in [-0.1, -0.05) is 26.8 Å². The van der Waals surface area contributed by atoms with Gasteiger partial charge in [-0.25, -0.2) is 4.98 Å². The van der Waals surface area contributed by atoms with Gasteiger partial charge in [-0.3, -0.25) is 5.10 Å². The van der Waals surface area contributed by atoms with Crippen molar-refractivity contribution in [3.05, 3.63) is 42.2 Å². The first-order valence-electron chi connectivity index (χ1n) is 8.38. The summed E-state index contributed by atoms with van der Waals surface area (Å²) >= 11 is 1.86. The van der Waals surface area contributed by atoms with E-state index in [1.807, 2.05) is 24.2 Å². The SMILES string of the molecule is CCSc1cc(-c2ccnc3[nH]ncc23)cc(C(C)(CC)CN)c1. The predicted molar refractivity (Wildman–Crippen MR) is 102 cm³/mol. The summed E-state index contributed by atoms with van der Waals surface area (Å²) in [4.78, 5) is 5.63. The first kappa shape index (κ1) is 17.0. The Morgan fingerprint density at radius 2 is 2.08 bits per heavy atom. The van der Waals surface area contributed by atoms with Crippen LogP contribution in [0, 0.1) is 0 Å². The number of pyridine rings is 1. The van der Waals surface area contributed by atoms with E-state index in [-0.39, 0.29) is 5.41 Å². The molecule has 0 saturated carbocycles. The standard InChI is InChI=1S/C19H24N4S/c1-4-19(3,12-20)14-8-13(9-15(10-14)24-5-2)16-6-7-21-18-17(16)11-22-23-18/h6-11H,4-5,12,20H2,1-3H3,(H,21,22,23). The van der Waals surface area contributed by atoms with Crippen molar-refractivity contribution in [1.82, 2.24) is 15.2 Å². The van der Waals surface area contributed by atoms with Crippen LogP contribution in [-0.4, -0.2) is 27.5 Å². The molecule has 0 saturated heterocycles. The predicted octanol–water partition coefficient (Wildman–Crippen LogP) is 4.36. The quantitative estimate of drug-likeness (QED) is 0.654. The molecule has 1 atom stereocenters. The van der Waals surface area contributed by atoms with Crippen molar-refractivity contribution in [3.63, 3.8) is 0 Å². The summed E-state index contributed by atoms with van der Waals surface area (Å²) in [6.45, 7) is 7.26. The Bertz CT molecular complexity index is 836. The van der Waals surface area contributed by atoms with E-state index in [0.29, 0.717) is 6.54 Å². The minimum atomic E-state index is -0.0123. The Hall–Kier alpha value is -1.85. The van der Waals surface area contributed by atoms with Gasteiger partial charge in [0.1, 0.15) is 0 Å². The summed E-state index contributed by atoms with van der Waals surface area (Å²) in [6.07, 6.45) is 4.69. The molecule has 126 valence electrons. The van der Waals surface area contributed by atoms with E-state index in [1.54, 1.807) is 0 Å². The fraction of sp³-hybridized carbons (Fsp3) is 0.368. The zero-order chi connectivity index (χ0) is 17.2. The molecule has 0 radical (unpaired) electrons. The van der Waals surface area contributed by atoms with Crippen LogP contribution in [0.1, 0.15) is 32.8 Å². The third-order valence-electron chi connectivity index (χ3n) is 4.81. The lowest BCUT2D eigenvalue weighted by Crippen LogP contribution is -2.31. The summed E-state index contributed by atoms with van der Waals surface area (Å²) in [7, 11) is 0. The molecule has 0 aliphatic carbocycles. The van der Waals surface area contributed by atoms with Gasteiger partial charge in [0.05, 0.1) is 6.20 Å². The number of nitrogens with two attached hydrogens (primary N) is 1. The maximum absolute atomic E-state index is 6.10. The lowest BCUT2D eigenvalue weighted by molar-refractivity contribution is 0.466. The molecule has 2 aromatic heterocycles. The average molecular weight is 340 g/mol. The molecular formula is C19H24N4S. The molecule has 1 aromatic carbocycles. The summed E-state index contributed by atoms with van der Waals surface area (Å²) < 4.78 is 0. The number of nitrogens with zero attached hydrogens (tertiary/aromatic N) is 2. The summed E-state index contributed by atoms with van der Waals surface area (Å²) in [6, 6.07) is 8.88. The van der Waals surface area contributed by atoms with E-state index in [0.717, 1.165) is 28.8 Å². The number of aromatic amines is 1. The van der Waals surface area contributed by atoms with Crippen molar-refractivity contribution in [3.8, 4) is 11.1 Å². The van der Waals surface area contributed by atoms with E-state index in [2.05, 4.69) is 60.2 Å². The van der Waals surface area contributed by atoms with Crippen LogP contribution in [0.15, 0.2) is 41.6 Å². The summed E-state index contributed by atoms with van der Waals surface area (Å²) in [5.41, 5.74) is 10.6. The number of nitrogens with one attached hydrogen (secondary N) is 1. The summed E-state index contributed by atoms with van der Waals surface area (Å²) in [5, 5.41) is 8.14. The molecule has 3 rings (SSSR count). The maximum Gasteiger partial charge on any atom is 0.155 e. The van der Waals surface area contributed by atoms with Crippen LogP contribution >= 0.6 is 11.8 Å². The minimum absolute atomic E-state index is 0.0123. The van der Waals surface area contributed by atoms with E-state index in [9.17, 15) is 0 Å². The molecule has 0 aliphatic rings. The molecule has 3 N–H and O–H groups in total. The number of thioether (sulfide) groups is 1. The lowest BCUT2D eigenvalue weighted by atomic mass is 9.79. The number of aromatic nitrogens is 3. The van der Waals surface area contributed by atoms with Crippen molar-refractivity contribution < 1.29 is 0 Å². The van der Waals surface area contributed by atoms with Crippen LogP contribution in [0.3, 0.4) is 0 Å². The summed E-state index contributed by atoms with van der Waals surface area (Å²) in [5.74, 6) is 1.05. The molecule has 4 nitrogen and oxygen atoms in total. The second-order valence-corrected chi connectivity index (χ2v) is 7.63. The molecule has 5 heteroatoms.